The van der Waals surface area contributed by atoms with Gasteiger partial charge in [0, 0.05) is 57.4 Å². The van der Waals surface area contributed by atoms with Crippen LogP contribution in [-0.4, -0.2) is 14.5 Å². The van der Waals surface area contributed by atoms with Gasteiger partial charge >= 0.3 is 0 Å². The van der Waals surface area contributed by atoms with Gasteiger partial charge in [-0.05, 0) is 70.4 Å². The molecule has 1 aliphatic rings. The monoisotopic (exact) mass is 671 g/mol. The van der Waals surface area contributed by atoms with Gasteiger partial charge in [0.05, 0.1) is 11.0 Å². The Bertz CT molecular complexity index is 3510. The summed E-state index contributed by atoms with van der Waals surface area (Å²) in [6, 6.07) is 46.0. The van der Waals surface area contributed by atoms with Crippen LogP contribution in [0.25, 0.3) is 123 Å². The summed E-state index contributed by atoms with van der Waals surface area (Å²) in [5, 5.41) is 10.9. The molecule has 0 amide bonds. The van der Waals surface area contributed by atoms with Gasteiger partial charge in [-0.1, -0.05) is 78.9 Å². The van der Waals surface area contributed by atoms with E-state index in [0.717, 1.165) is 55.0 Å². The van der Waals surface area contributed by atoms with E-state index >= 15 is 0 Å². The molecule has 50 heavy (non-hydrogen) atoms. The van der Waals surface area contributed by atoms with Crippen LogP contribution in [0, 0.1) is 0 Å². The van der Waals surface area contributed by atoms with Crippen LogP contribution < -0.4 is 0 Å². The molecule has 0 unspecified atom stereocenters. The van der Waals surface area contributed by atoms with Crippen molar-refractivity contribution in [2.75, 3.05) is 0 Å². The van der Waals surface area contributed by atoms with Crippen LogP contribution >= 0.6 is 22.7 Å². The second-order valence-electron chi connectivity index (χ2n) is 13.3. The lowest BCUT2D eigenvalue weighted by Gasteiger charge is -2.14. The lowest BCUT2D eigenvalue weighted by Crippen LogP contribution is -2.03. The summed E-state index contributed by atoms with van der Waals surface area (Å²) in [6.07, 6.45) is 0. The molecule has 0 bridgehead atoms. The van der Waals surface area contributed by atoms with Gasteiger partial charge in [-0.15, -0.1) is 22.7 Å². The Labute approximate surface area is 291 Å². The van der Waals surface area contributed by atoms with Crippen molar-refractivity contribution >= 4 is 118 Å². The lowest BCUT2D eigenvalue weighted by atomic mass is 9.95. The largest absolute Gasteiger partial charge is 0.456 e. The lowest BCUT2D eigenvalue weighted by molar-refractivity contribution is 0.669. The number of rotatable bonds is 2. The summed E-state index contributed by atoms with van der Waals surface area (Å²) in [4.78, 5) is 12.1. The van der Waals surface area contributed by atoms with E-state index in [2.05, 4.69) is 132 Å². The maximum Gasteiger partial charge on any atom is 0.165 e. The standard InChI is InChI=1S/C44H21N3OS2/c1-3-13-33-24(8-1)28-21-23(16-20-35(28)49-33)41-43(45-42-27-9-2-4-14-34(27)50-44(42)46-41)47-29-17-15-22-7-5-10-25-26-11-6-12-31-37(26)40-32(48-31)19-18-30(47)39(40)38(29)36(22)25/h1-21H. The quantitative estimate of drug-likeness (QED) is 0.184. The van der Waals surface area contributed by atoms with Crippen LogP contribution in [0.2, 0.25) is 0 Å². The molecule has 13 rings (SSSR count). The molecule has 0 spiro atoms. The molecule has 5 aromatic heterocycles. The predicted octanol–water partition coefficient (Wildman–Crippen LogP) is 13.0. The SMILES string of the molecule is c1cc2c3c(c1)ccc1c3c3c4c(ccc3n1-c1nc3c(nc1-c1ccc5sc6ccccc6c5c1)sc1ccccc13)oc1cccc-2c14. The van der Waals surface area contributed by atoms with Crippen LogP contribution in [0.1, 0.15) is 0 Å². The minimum Gasteiger partial charge on any atom is -0.456 e. The van der Waals surface area contributed by atoms with E-state index in [1.165, 1.54) is 68.3 Å². The summed E-state index contributed by atoms with van der Waals surface area (Å²) in [5.74, 6) is 0.838. The normalized spacial score (nSPS) is 12.8. The fraction of sp³-hybridized carbons (Fsp3) is 0. The third kappa shape index (κ3) is 3.08. The van der Waals surface area contributed by atoms with Crippen LogP contribution in [-0.2, 0) is 0 Å². The first-order valence-corrected chi connectivity index (χ1v) is 18.4. The number of fused-ring (bicyclic) bond motifs is 7. The van der Waals surface area contributed by atoms with Gasteiger partial charge in [-0.25, -0.2) is 9.97 Å². The number of furan rings is 1. The zero-order chi connectivity index (χ0) is 32.2. The van der Waals surface area contributed by atoms with Gasteiger partial charge in [0.25, 0.3) is 0 Å². The van der Waals surface area contributed by atoms with Crippen molar-refractivity contribution < 1.29 is 4.42 Å². The summed E-state index contributed by atoms with van der Waals surface area (Å²) in [6.45, 7) is 0. The minimum absolute atomic E-state index is 0.838. The fourth-order valence-electron chi connectivity index (χ4n) is 8.69. The van der Waals surface area contributed by atoms with Crippen molar-refractivity contribution in [2.45, 2.75) is 0 Å². The van der Waals surface area contributed by atoms with E-state index in [4.69, 9.17) is 14.4 Å². The van der Waals surface area contributed by atoms with E-state index in [0.29, 0.717) is 0 Å². The van der Waals surface area contributed by atoms with Crippen molar-refractivity contribution in [1.82, 2.24) is 14.5 Å². The van der Waals surface area contributed by atoms with Crippen LogP contribution in [0.4, 0.5) is 0 Å². The third-order valence-electron chi connectivity index (χ3n) is 10.7. The first-order valence-electron chi connectivity index (χ1n) is 16.7. The van der Waals surface area contributed by atoms with E-state index in [1.807, 2.05) is 11.3 Å². The molecule has 6 heteroatoms. The van der Waals surface area contributed by atoms with E-state index in [1.54, 1.807) is 11.3 Å². The molecule has 7 aromatic carbocycles. The summed E-state index contributed by atoms with van der Waals surface area (Å²) < 4.78 is 12.7. The maximum absolute atomic E-state index is 6.55. The number of thiophene rings is 2. The number of aromatic nitrogens is 3. The molecule has 0 aliphatic heterocycles. The first-order chi connectivity index (χ1) is 24.8. The zero-order valence-electron chi connectivity index (χ0n) is 26.2. The van der Waals surface area contributed by atoms with Crippen molar-refractivity contribution in [1.29, 1.82) is 0 Å². The Morgan fingerprint density at radius 1 is 0.500 bits per heavy atom. The number of hydrogen-bond acceptors (Lipinski definition) is 5. The number of nitrogens with zero attached hydrogens (tertiary/aromatic N) is 3. The van der Waals surface area contributed by atoms with Crippen molar-refractivity contribution in [3.8, 4) is 28.2 Å². The maximum atomic E-state index is 6.55. The molecule has 0 atom stereocenters. The Balaban J connectivity index is 1.25. The molecule has 5 heterocycles. The first kappa shape index (κ1) is 25.9. The van der Waals surface area contributed by atoms with E-state index in [-0.39, 0.29) is 0 Å². The molecular weight excluding hydrogens is 651 g/mol. The molecule has 0 N–H and O–H groups in total. The van der Waals surface area contributed by atoms with Gasteiger partial charge in [-0.2, -0.15) is 0 Å². The highest BCUT2D eigenvalue weighted by atomic mass is 32.1. The Morgan fingerprint density at radius 3 is 2.12 bits per heavy atom. The average molecular weight is 672 g/mol. The Hall–Kier alpha value is -6.08. The highest BCUT2D eigenvalue weighted by Gasteiger charge is 2.28. The zero-order valence-corrected chi connectivity index (χ0v) is 27.8. The third-order valence-corrected chi connectivity index (χ3v) is 12.9. The Kier molecular flexibility index (Phi) is 4.62. The summed E-state index contributed by atoms with van der Waals surface area (Å²) >= 11 is 3.55. The molecular formula is C44H21N3OS2. The highest BCUT2D eigenvalue weighted by Crippen LogP contribution is 2.51. The van der Waals surface area contributed by atoms with E-state index in [9.17, 15) is 0 Å². The van der Waals surface area contributed by atoms with Crippen LogP contribution in [0.15, 0.2) is 132 Å². The topological polar surface area (TPSA) is 43.9 Å². The van der Waals surface area contributed by atoms with Crippen molar-refractivity contribution in [3.05, 3.63) is 127 Å². The second kappa shape index (κ2) is 8.93. The molecule has 0 saturated heterocycles. The number of hydrogen-bond donors (Lipinski definition) is 0. The fourth-order valence-corrected chi connectivity index (χ4v) is 10.8. The van der Waals surface area contributed by atoms with E-state index < -0.39 is 0 Å². The second-order valence-corrected chi connectivity index (χ2v) is 15.4. The Morgan fingerprint density at radius 2 is 1.22 bits per heavy atom. The molecule has 0 saturated carbocycles. The minimum atomic E-state index is 0.838. The van der Waals surface area contributed by atoms with Crippen LogP contribution in [0.5, 0.6) is 0 Å². The van der Waals surface area contributed by atoms with Gasteiger partial charge in [0.1, 0.15) is 27.2 Å². The highest BCUT2D eigenvalue weighted by molar-refractivity contribution is 7.26. The van der Waals surface area contributed by atoms with Gasteiger partial charge in [-0.3, -0.25) is 4.57 Å². The van der Waals surface area contributed by atoms with Crippen LogP contribution in [0.3, 0.4) is 0 Å². The average Bonchev–Trinajstić information content (AvgIpc) is 3.89. The molecule has 230 valence electrons. The van der Waals surface area contributed by atoms with Crippen molar-refractivity contribution in [2.24, 2.45) is 0 Å². The molecule has 1 aliphatic carbocycles. The number of benzene rings is 7. The predicted molar refractivity (Wildman–Crippen MR) is 211 cm³/mol. The van der Waals surface area contributed by atoms with Crippen molar-refractivity contribution in [3.63, 3.8) is 0 Å². The molecule has 0 radical (unpaired) electrons. The summed E-state index contributed by atoms with van der Waals surface area (Å²) in [5.41, 5.74) is 9.37. The van der Waals surface area contributed by atoms with Gasteiger partial charge in [0.15, 0.2) is 5.82 Å². The van der Waals surface area contributed by atoms with Gasteiger partial charge in [0.2, 0.25) is 0 Å². The molecule has 4 nitrogen and oxygen atoms in total. The molecule has 12 aromatic rings. The summed E-state index contributed by atoms with van der Waals surface area (Å²) in [7, 11) is 0. The molecule has 0 fully saturated rings. The van der Waals surface area contributed by atoms with Gasteiger partial charge < -0.3 is 4.42 Å². The smallest absolute Gasteiger partial charge is 0.165 e.